The van der Waals surface area contributed by atoms with E-state index in [0.29, 0.717) is 5.56 Å². The molecule has 21 heavy (non-hydrogen) atoms. The Balaban J connectivity index is 2.32. The fourth-order valence-electron chi connectivity index (χ4n) is 2.16. The number of benzene rings is 1. The number of hydrogen-bond acceptors (Lipinski definition) is 3. The monoisotopic (exact) mass is 298 g/mol. The maximum Gasteiger partial charge on any atom is 0.416 e. The summed E-state index contributed by atoms with van der Waals surface area (Å²) in [5.41, 5.74) is 3.03. The summed E-state index contributed by atoms with van der Waals surface area (Å²) in [6.45, 7) is 2.77. The van der Waals surface area contributed by atoms with Gasteiger partial charge in [-0.1, -0.05) is 19.1 Å². The van der Waals surface area contributed by atoms with Gasteiger partial charge in [-0.2, -0.15) is 18.3 Å². The number of hydrogen-bond donors (Lipinski definition) is 2. The Labute approximate surface area is 120 Å². The van der Waals surface area contributed by atoms with Crippen LogP contribution in [-0.2, 0) is 12.7 Å². The summed E-state index contributed by atoms with van der Waals surface area (Å²) in [5.74, 6) is 5.51. The Morgan fingerprint density at radius 2 is 2.10 bits per heavy atom. The van der Waals surface area contributed by atoms with Crippen LogP contribution in [0.2, 0.25) is 0 Å². The minimum atomic E-state index is -4.37. The van der Waals surface area contributed by atoms with Crippen molar-refractivity contribution in [3.63, 3.8) is 0 Å². The SMILES string of the molecule is CCCn1cc(C(NN)c2cccc(C(F)(F)F)c2)cn1. The second kappa shape index (κ2) is 6.28. The average Bonchev–Trinajstić information content (AvgIpc) is 2.88. The van der Waals surface area contributed by atoms with Crippen LogP contribution in [-0.4, -0.2) is 9.78 Å². The summed E-state index contributed by atoms with van der Waals surface area (Å²) in [6, 6.07) is 4.59. The largest absolute Gasteiger partial charge is 0.416 e. The second-order valence-electron chi connectivity index (χ2n) is 4.76. The summed E-state index contributed by atoms with van der Waals surface area (Å²) in [4.78, 5) is 0. The second-order valence-corrected chi connectivity index (χ2v) is 4.76. The molecule has 0 aliphatic rings. The lowest BCUT2D eigenvalue weighted by Crippen LogP contribution is -2.28. The van der Waals surface area contributed by atoms with Crippen LogP contribution in [0.3, 0.4) is 0 Å². The molecule has 1 heterocycles. The molecule has 0 aliphatic heterocycles. The van der Waals surface area contributed by atoms with Crippen LogP contribution in [0.1, 0.15) is 36.1 Å². The highest BCUT2D eigenvalue weighted by Crippen LogP contribution is 2.31. The fourth-order valence-corrected chi connectivity index (χ4v) is 2.16. The average molecular weight is 298 g/mol. The van der Waals surface area contributed by atoms with Crippen LogP contribution in [0.4, 0.5) is 13.2 Å². The number of hydrazine groups is 1. The Kier molecular flexibility index (Phi) is 4.64. The molecule has 4 nitrogen and oxygen atoms in total. The number of rotatable bonds is 5. The van der Waals surface area contributed by atoms with Gasteiger partial charge in [0.25, 0.3) is 0 Å². The van der Waals surface area contributed by atoms with Crippen LogP contribution in [0, 0.1) is 0 Å². The number of aromatic nitrogens is 2. The molecule has 0 spiro atoms. The highest BCUT2D eigenvalue weighted by Gasteiger charge is 2.31. The summed E-state index contributed by atoms with van der Waals surface area (Å²) in [5, 5.41) is 4.17. The van der Waals surface area contributed by atoms with Crippen LogP contribution < -0.4 is 11.3 Å². The number of aryl methyl sites for hydroxylation is 1. The molecule has 0 radical (unpaired) electrons. The Hall–Kier alpha value is -1.86. The third-order valence-corrected chi connectivity index (χ3v) is 3.15. The normalized spacial score (nSPS) is 13.4. The van der Waals surface area contributed by atoms with Gasteiger partial charge >= 0.3 is 6.18 Å². The summed E-state index contributed by atoms with van der Waals surface area (Å²) >= 11 is 0. The lowest BCUT2D eigenvalue weighted by molar-refractivity contribution is -0.137. The predicted molar refractivity (Wildman–Crippen MR) is 73.1 cm³/mol. The van der Waals surface area contributed by atoms with Gasteiger partial charge in [0.1, 0.15) is 0 Å². The molecule has 1 unspecified atom stereocenters. The minimum absolute atomic E-state index is 0.448. The molecule has 0 saturated heterocycles. The van der Waals surface area contributed by atoms with Crippen molar-refractivity contribution in [2.75, 3.05) is 0 Å². The number of nitrogens with two attached hydrogens (primary N) is 1. The number of nitrogens with zero attached hydrogens (tertiary/aromatic N) is 2. The van der Waals surface area contributed by atoms with Crippen molar-refractivity contribution in [1.29, 1.82) is 0 Å². The van der Waals surface area contributed by atoms with Crippen LogP contribution in [0.5, 0.6) is 0 Å². The number of alkyl halides is 3. The van der Waals surface area contributed by atoms with Gasteiger partial charge in [-0.3, -0.25) is 10.5 Å². The molecule has 0 bridgehead atoms. The molecule has 0 saturated carbocycles. The number of nitrogens with one attached hydrogen (secondary N) is 1. The molecule has 114 valence electrons. The molecule has 1 aromatic heterocycles. The van der Waals surface area contributed by atoms with Crippen molar-refractivity contribution in [2.45, 2.75) is 32.1 Å². The quantitative estimate of drug-likeness (QED) is 0.659. The van der Waals surface area contributed by atoms with Crippen molar-refractivity contribution in [3.8, 4) is 0 Å². The van der Waals surface area contributed by atoms with Crippen molar-refractivity contribution in [3.05, 3.63) is 53.3 Å². The highest BCUT2D eigenvalue weighted by atomic mass is 19.4. The van der Waals surface area contributed by atoms with Crippen LogP contribution in [0.15, 0.2) is 36.7 Å². The van der Waals surface area contributed by atoms with Crippen LogP contribution in [0.25, 0.3) is 0 Å². The minimum Gasteiger partial charge on any atom is -0.272 e. The topological polar surface area (TPSA) is 55.9 Å². The molecule has 0 aliphatic carbocycles. The van der Waals surface area contributed by atoms with E-state index in [0.717, 1.165) is 30.7 Å². The summed E-state index contributed by atoms with van der Waals surface area (Å²) in [7, 11) is 0. The van der Waals surface area contributed by atoms with E-state index >= 15 is 0 Å². The molecule has 3 N–H and O–H groups in total. The molecule has 1 atom stereocenters. The zero-order valence-corrected chi connectivity index (χ0v) is 11.6. The molecular weight excluding hydrogens is 281 g/mol. The maximum absolute atomic E-state index is 12.8. The van der Waals surface area contributed by atoms with Gasteiger partial charge in [0, 0.05) is 18.3 Å². The van der Waals surface area contributed by atoms with Crippen molar-refractivity contribution in [1.82, 2.24) is 15.2 Å². The summed E-state index contributed by atoms with van der Waals surface area (Å²) in [6.07, 6.45) is -0.0539. The lowest BCUT2D eigenvalue weighted by atomic mass is 10.00. The van der Waals surface area contributed by atoms with Crippen molar-refractivity contribution < 1.29 is 13.2 Å². The molecule has 0 fully saturated rings. The van der Waals surface area contributed by atoms with Gasteiger partial charge in [0.15, 0.2) is 0 Å². The predicted octanol–water partition coefficient (Wildman–Crippen LogP) is 2.86. The lowest BCUT2D eigenvalue weighted by Gasteiger charge is -2.16. The maximum atomic E-state index is 12.8. The van der Waals surface area contributed by atoms with E-state index in [9.17, 15) is 13.2 Å². The zero-order valence-electron chi connectivity index (χ0n) is 11.6. The first kappa shape index (κ1) is 15.5. The Bertz CT molecular complexity index is 592. The Morgan fingerprint density at radius 3 is 2.71 bits per heavy atom. The molecule has 7 heteroatoms. The number of halogens is 3. The molecule has 2 rings (SSSR count). The van der Waals surface area contributed by atoms with E-state index < -0.39 is 17.8 Å². The van der Waals surface area contributed by atoms with Gasteiger partial charge in [-0.15, -0.1) is 0 Å². The van der Waals surface area contributed by atoms with Crippen molar-refractivity contribution in [2.24, 2.45) is 5.84 Å². The zero-order chi connectivity index (χ0) is 15.5. The third-order valence-electron chi connectivity index (χ3n) is 3.15. The van der Waals surface area contributed by atoms with Gasteiger partial charge in [-0.25, -0.2) is 5.43 Å². The Morgan fingerprint density at radius 1 is 1.33 bits per heavy atom. The first-order valence-corrected chi connectivity index (χ1v) is 6.61. The van der Waals surface area contributed by atoms with Crippen molar-refractivity contribution >= 4 is 0 Å². The summed E-state index contributed by atoms with van der Waals surface area (Å²) < 4.78 is 40.1. The third kappa shape index (κ3) is 3.62. The molecule has 1 aromatic carbocycles. The van der Waals surface area contributed by atoms with E-state index in [2.05, 4.69) is 10.5 Å². The van der Waals surface area contributed by atoms with Gasteiger partial charge < -0.3 is 0 Å². The van der Waals surface area contributed by atoms with E-state index in [1.807, 2.05) is 6.92 Å². The van der Waals surface area contributed by atoms with Gasteiger partial charge in [0.05, 0.1) is 17.8 Å². The first-order valence-electron chi connectivity index (χ1n) is 6.61. The standard InChI is InChI=1S/C14H17F3N4/c1-2-6-21-9-11(8-19-21)13(20-18)10-4-3-5-12(7-10)14(15,16)17/h3-5,7-9,13,20H,2,6,18H2,1H3. The van der Waals surface area contributed by atoms with E-state index in [1.165, 1.54) is 6.07 Å². The smallest absolute Gasteiger partial charge is 0.272 e. The van der Waals surface area contributed by atoms with E-state index in [-0.39, 0.29) is 0 Å². The molecule has 2 aromatic rings. The van der Waals surface area contributed by atoms with Gasteiger partial charge in [-0.05, 0) is 24.1 Å². The molecule has 0 amide bonds. The van der Waals surface area contributed by atoms with E-state index in [4.69, 9.17) is 5.84 Å². The fraction of sp³-hybridized carbons (Fsp3) is 0.357. The van der Waals surface area contributed by atoms with Crippen LogP contribution >= 0.6 is 0 Å². The van der Waals surface area contributed by atoms with Gasteiger partial charge in [0.2, 0.25) is 0 Å². The molecular formula is C14H17F3N4. The highest BCUT2D eigenvalue weighted by molar-refractivity contribution is 5.33. The first-order chi connectivity index (χ1) is 9.95. The van der Waals surface area contributed by atoms with E-state index in [1.54, 1.807) is 23.1 Å².